The van der Waals surface area contributed by atoms with Crippen molar-refractivity contribution in [3.63, 3.8) is 0 Å². The van der Waals surface area contributed by atoms with Gasteiger partial charge in [-0.3, -0.25) is 9.59 Å². The first-order chi connectivity index (χ1) is 11.5. The quantitative estimate of drug-likeness (QED) is 0.416. The van der Waals surface area contributed by atoms with Gasteiger partial charge in [0.15, 0.2) is 0 Å². The normalized spacial score (nSPS) is 14.7. The Kier molecular flexibility index (Phi) is 10.3. The zero-order chi connectivity index (χ0) is 19.6. The van der Waals surface area contributed by atoms with Crippen LogP contribution in [0, 0.1) is 10.8 Å². The molecule has 0 aliphatic heterocycles. The summed E-state index contributed by atoms with van der Waals surface area (Å²) in [6, 6.07) is 0. The minimum Gasteiger partial charge on any atom is -0.380 e. The first-order valence-electron chi connectivity index (χ1n) is 9.25. The second-order valence-electron chi connectivity index (χ2n) is 8.87. The van der Waals surface area contributed by atoms with Crippen LogP contribution in [0.2, 0.25) is 0 Å². The van der Waals surface area contributed by atoms with E-state index >= 15 is 0 Å². The monoisotopic (exact) mass is 357 g/mol. The highest BCUT2D eigenvalue weighted by Gasteiger charge is 2.25. The van der Waals surface area contributed by atoms with E-state index in [-0.39, 0.29) is 22.3 Å². The van der Waals surface area contributed by atoms with Crippen molar-refractivity contribution in [3.05, 3.63) is 0 Å². The molecule has 0 radical (unpaired) electrons. The Morgan fingerprint density at radius 2 is 1.68 bits per heavy atom. The van der Waals surface area contributed by atoms with Crippen LogP contribution in [-0.2, 0) is 14.3 Å². The van der Waals surface area contributed by atoms with Gasteiger partial charge in [0.2, 0.25) is 12.3 Å². The van der Waals surface area contributed by atoms with Gasteiger partial charge in [0.1, 0.15) is 0 Å². The van der Waals surface area contributed by atoms with Crippen LogP contribution >= 0.6 is 0 Å². The largest absolute Gasteiger partial charge is 0.380 e. The van der Waals surface area contributed by atoms with Crippen LogP contribution in [0.15, 0.2) is 0 Å². The third kappa shape index (κ3) is 11.2. The van der Waals surface area contributed by atoms with Gasteiger partial charge in [0, 0.05) is 29.3 Å². The molecule has 0 saturated heterocycles. The van der Waals surface area contributed by atoms with E-state index in [0.29, 0.717) is 39.1 Å². The van der Waals surface area contributed by atoms with E-state index in [9.17, 15) is 9.59 Å². The van der Waals surface area contributed by atoms with E-state index in [1.54, 1.807) is 0 Å². The smallest absolute Gasteiger partial charge is 0.220 e. The Balaban J connectivity index is 4.23. The Hall–Kier alpha value is -1.14. The minimum absolute atomic E-state index is 0.00499. The molecule has 0 saturated carbocycles. The van der Waals surface area contributed by atoms with Gasteiger partial charge in [-0.1, -0.05) is 41.0 Å². The second-order valence-corrected chi connectivity index (χ2v) is 8.87. The Morgan fingerprint density at radius 3 is 2.20 bits per heavy atom. The predicted octanol–water partition coefficient (Wildman–Crippen LogP) is 2.22. The molecule has 0 bridgehead atoms. The molecular weight excluding hydrogens is 318 g/mol. The number of rotatable bonds is 14. The van der Waals surface area contributed by atoms with Crippen molar-refractivity contribution in [2.75, 3.05) is 26.3 Å². The molecule has 6 nitrogen and oxygen atoms in total. The van der Waals surface area contributed by atoms with E-state index < -0.39 is 0 Å². The summed E-state index contributed by atoms with van der Waals surface area (Å²) in [4.78, 5) is 22.9. The van der Waals surface area contributed by atoms with Gasteiger partial charge in [0.05, 0.1) is 13.2 Å². The number of hydrogen-bond acceptors (Lipinski definition) is 4. The van der Waals surface area contributed by atoms with Gasteiger partial charge < -0.3 is 21.1 Å². The fourth-order valence-corrected chi connectivity index (χ4v) is 2.49. The first kappa shape index (κ1) is 23.9. The minimum atomic E-state index is -0.319. The molecule has 0 heterocycles. The van der Waals surface area contributed by atoms with Crippen molar-refractivity contribution in [1.29, 1.82) is 0 Å². The highest BCUT2D eigenvalue weighted by molar-refractivity contribution is 5.76. The van der Waals surface area contributed by atoms with Gasteiger partial charge in [0.25, 0.3) is 0 Å². The van der Waals surface area contributed by atoms with E-state index in [1.807, 2.05) is 6.92 Å². The lowest BCUT2D eigenvalue weighted by Gasteiger charge is -2.30. The summed E-state index contributed by atoms with van der Waals surface area (Å²) in [6.07, 6.45) is 3.57. The molecule has 0 aromatic carbocycles. The molecule has 25 heavy (non-hydrogen) atoms. The van der Waals surface area contributed by atoms with E-state index in [1.165, 1.54) is 0 Å². The van der Waals surface area contributed by atoms with Crippen LogP contribution in [0.3, 0.4) is 0 Å². The van der Waals surface area contributed by atoms with Gasteiger partial charge >= 0.3 is 0 Å². The van der Waals surface area contributed by atoms with Gasteiger partial charge in [-0.2, -0.15) is 0 Å². The van der Waals surface area contributed by atoms with Gasteiger partial charge in [-0.25, -0.2) is 0 Å². The average Bonchev–Trinajstić information content (AvgIpc) is 2.51. The third-order valence-electron chi connectivity index (χ3n) is 4.42. The predicted molar refractivity (Wildman–Crippen MR) is 102 cm³/mol. The number of hydrogen-bond donors (Lipinski definition) is 3. The van der Waals surface area contributed by atoms with Crippen LogP contribution in [0.5, 0.6) is 0 Å². The lowest BCUT2D eigenvalue weighted by Crippen LogP contribution is -2.43. The maximum atomic E-state index is 12.1. The molecule has 6 heteroatoms. The van der Waals surface area contributed by atoms with Crippen LogP contribution in [0.25, 0.3) is 0 Å². The van der Waals surface area contributed by atoms with Gasteiger partial charge in [-0.15, -0.1) is 0 Å². The maximum absolute atomic E-state index is 12.1. The summed E-state index contributed by atoms with van der Waals surface area (Å²) >= 11 is 0. The van der Waals surface area contributed by atoms with Crippen molar-refractivity contribution < 1.29 is 14.3 Å². The number of ether oxygens (including phenoxy) is 1. The van der Waals surface area contributed by atoms with Crippen LogP contribution in [0.4, 0.5) is 0 Å². The molecular formula is C19H39N3O3. The molecule has 4 N–H and O–H groups in total. The molecule has 1 atom stereocenters. The summed E-state index contributed by atoms with van der Waals surface area (Å²) in [5, 5.41) is 5.83. The fourth-order valence-electron chi connectivity index (χ4n) is 2.49. The van der Waals surface area contributed by atoms with Crippen molar-refractivity contribution in [2.24, 2.45) is 16.6 Å². The van der Waals surface area contributed by atoms with Crippen molar-refractivity contribution in [1.82, 2.24) is 10.6 Å². The summed E-state index contributed by atoms with van der Waals surface area (Å²) < 4.78 is 5.78. The summed E-state index contributed by atoms with van der Waals surface area (Å²) in [7, 11) is 0. The molecule has 0 rings (SSSR count). The topological polar surface area (TPSA) is 93.4 Å². The summed E-state index contributed by atoms with van der Waals surface area (Å²) in [6.45, 7) is 14.6. The zero-order valence-electron chi connectivity index (χ0n) is 17.0. The number of carbonyl (C=O) groups is 2. The zero-order valence-corrected chi connectivity index (χ0v) is 17.0. The first-order valence-corrected chi connectivity index (χ1v) is 9.25. The highest BCUT2D eigenvalue weighted by atomic mass is 16.5. The standard InChI is InChI=1S/C19H39N3O3/c1-7-9-19(6,22-15-23)10-8-16(24)21-12-18(4,5)14-25-13-17(2,3)11-20/h15H,7-14,20H2,1-6H3,(H,21,24)(H,22,23). The molecule has 0 aliphatic rings. The number of nitrogens with two attached hydrogens (primary N) is 1. The Labute approximate surface area is 153 Å². The number of amides is 2. The maximum Gasteiger partial charge on any atom is 0.220 e. The lowest BCUT2D eigenvalue weighted by atomic mass is 9.90. The van der Waals surface area contributed by atoms with E-state index in [2.05, 4.69) is 45.3 Å². The molecule has 0 aromatic rings. The molecule has 2 amide bonds. The van der Waals surface area contributed by atoms with Crippen molar-refractivity contribution >= 4 is 12.3 Å². The van der Waals surface area contributed by atoms with E-state index in [4.69, 9.17) is 10.5 Å². The molecule has 0 fully saturated rings. The Morgan fingerprint density at radius 1 is 1.08 bits per heavy atom. The summed E-state index contributed by atoms with van der Waals surface area (Å²) in [5.74, 6) is 0.00499. The average molecular weight is 358 g/mol. The lowest BCUT2D eigenvalue weighted by molar-refractivity contribution is -0.122. The molecule has 0 aliphatic carbocycles. The number of nitrogens with one attached hydrogen (secondary N) is 2. The van der Waals surface area contributed by atoms with E-state index in [0.717, 1.165) is 19.3 Å². The van der Waals surface area contributed by atoms with Crippen LogP contribution in [0.1, 0.15) is 67.2 Å². The van der Waals surface area contributed by atoms with Crippen molar-refractivity contribution in [3.8, 4) is 0 Å². The highest BCUT2D eigenvalue weighted by Crippen LogP contribution is 2.20. The van der Waals surface area contributed by atoms with Crippen LogP contribution in [-0.4, -0.2) is 44.2 Å². The molecule has 148 valence electrons. The van der Waals surface area contributed by atoms with Crippen molar-refractivity contribution in [2.45, 2.75) is 72.8 Å². The second kappa shape index (κ2) is 10.8. The fraction of sp³-hybridized carbons (Fsp3) is 0.895. The number of carbonyl (C=O) groups excluding carboxylic acids is 2. The SMILES string of the molecule is CCCC(C)(CCC(=O)NCC(C)(C)COCC(C)(C)CN)NC=O. The van der Waals surface area contributed by atoms with Gasteiger partial charge in [-0.05, 0) is 26.3 Å². The Bertz CT molecular complexity index is 411. The molecule has 1 unspecified atom stereocenters. The third-order valence-corrected chi connectivity index (χ3v) is 4.42. The van der Waals surface area contributed by atoms with Crippen LogP contribution < -0.4 is 16.4 Å². The molecule has 0 aromatic heterocycles. The summed E-state index contributed by atoms with van der Waals surface area (Å²) in [5.41, 5.74) is 5.20. The molecule has 0 spiro atoms.